The maximum atomic E-state index is 13.6. The molecule has 5 rings (SSSR count). The Morgan fingerprint density at radius 3 is 2.11 bits per heavy atom. The summed E-state index contributed by atoms with van der Waals surface area (Å²) in [5.74, 6) is 0.650. The van der Waals surface area contributed by atoms with Crippen molar-refractivity contribution in [3.05, 3.63) is 107 Å². The van der Waals surface area contributed by atoms with Gasteiger partial charge in [0.1, 0.15) is 5.82 Å². The summed E-state index contributed by atoms with van der Waals surface area (Å²) in [5, 5.41) is 2.74. The highest BCUT2D eigenvalue weighted by molar-refractivity contribution is 5.96. The maximum Gasteiger partial charge on any atom is 0.266 e. The van der Waals surface area contributed by atoms with Gasteiger partial charge in [-0.1, -0.05) is 72.3 Å². The highest BCUT2D eigenvalue weighted by atomic mass is 16.1. The van der Waals surface area contributed by atoms with Crippen LogP contribution in [0.4, 0.5) is 0 Å². The zero-order valence-electron chi connectivity index (χ0n) is 15.5. The van der Waals surface area contributed by atoms with Crippen molar-refractivity contribution in [3.8, 4) is 17.1 Å². The molecule has 0 N–H and O–H groups in total. The van der Waals surface area contributed by atoms with Crippen molar-refractivity contribution in [1.82, 2.24) is 9.55 Å². The number of nitrogens with zero attached hydrogens (tertiary/aromatic N) is 2. The van der Waals surface area contributed by atoms with Gasteiger partial charge in [0.05, 0.1) is 16.6 Å². The molecule has 0 fully saturated rings. The highest BCUT2D eigenvalue weighted by Gasteiger charge is 2.15. The lowest BCUT2D eigenvalue weighted by Crippen LogP contribution is -2.22. The van der Waals surface area contributed by atoms with Crippen LogP contribution >= 0.6 is 0 Å². The SMILES string of the molecule is Cc1ccc(-n2c(-c3ccccc3)nc3cc4ccccc4cc3c2=O)cc1. The van der Waals surface area contributed by atoms with Gasteiger partial charge in [-0.3, -0.25) is 9.36 Å². The van der Waals surface area contributed by atoms with E-state index in [1.807, 2.05) is 97.9 Å². The van der Waals surface area contributed by atoms with Gasteiger partial charge < -0.3 is 0 Å². The van der Waals surface area contributed by atoms with Gasteiger partial charge in [0.2, 0.25) is 0 Å². The predicted molar refractivity (Wildman–Crippen MR) is 115 cm³/mol. The minimum atomic E-state index is -0.0570. The van der Waals surface area contributed by atoms with Crippen molar-refractivity contribution in [1.29, 1.82) is 0 Å². The van der Waals surface area contributed by atoms with Gasteiger partial charge >= 0.3 is 0 Å². The second-order valence-corrected chi connectivity index (χ2v) is 6.99. The number of rotatable bonds is 2. The number of aromatic nitrogens is 2. The zero-order chi connectivity index (χ0) is 19.1. The Kier molecular flexibility index (Phi) is 3.80. The van der Waals surface area contributed by atoms with Crippen molar-refractivity contribution < 1.29 is 0 Å². The molecule has 0 atom stereocenters. The number of fused-ring (bicyclic) bond motifs is 2. The highest BCUT2D eigenvalue weighted by Crippen LogP contribution is 2.25. The molecule has 0 spiro atoms. The lowest BCUT2D eigenvalue weighted by Gasteiger charge is -2.14. The molecule has 0 aliphatic carbocycles. The second-order valence-electron chi connectivity index (χ2n) is 6.99. The molecule has 5 aromatic rings. The van der Waals surface area contributed by atoms with Crippen molar-refractivity contribution >= 4 is 21.7 Å². The van der Waals surface area contributed by atoms with Crippen LogP contribution < -0.4 is 5.56 Å². The van der Waals surface area contributed by atoms with E-state index in [2.05, 4.69) is 0 Å². The average molecular weight is 362 g/mol. The smallest absolute Gasteiger partial charge is 0.266 e. The molecule has 0 aliphatic rings. The molecule has 0 saturated heterocycles. The molecule has 0 amide bonds. The molecular formula is C25H18N2O. The first-order valence-electron chi connectivity index (χ1n) is 9.29. The Labute approximate surface area is 162 Å². The Hall–Kier alpha value is -3.72. The van der Waals surface area contributed by atoms with Gasteiger partial charge in [0.15, 0.2) is 0 Å². The fourth-order valence-electron chi connectivity index (χ4n) is 3.59. The monoisotopic (exact) mass is 362 g/mol. The molecule has 0 aliphatic heterocycles. The van der Waals surface area contributed by atoms with E-state index in [4.69, 9.17) is 4.98 Å². The number of aryl methyl sites for hydroxylation is 1. The van der Waals surface area contributed by atoms with E-state index in [1.54, 1.807) is 4.57 Å². The summed E-state index contributed by atoms with van der Waals surface area (Å²) in [6, 6.07) is 29.8. The number of hydrogen-bond donors (Lipinski definition) is 0. The van der Waals surface area contributed by atoms with E-state index in [0.29, 0.717) is 16.7 Å². The van der Waals surface area contributed by atoms with E-state index in [9.17, 15) is 4.79 Å². The number of benzene rings is 4. The third kappa shape index (κ3) is 2.69. The lowest BCUT2D eigenvalue weighted by molar-refractivity contribution is 0.975. The van der Waals surface area contributed by atoms with Crippen LogP contribution in [-0.2, 0) is 0 Å². The van der Waals surface area contributed by atoms with Crippen molar-refractivity contribution in [2.75, 3.05) is 0 Å². The molecule has 4 aromatic carbocycles. The Bertz CT molecular complexity index is 1370. The standard InChI is InChI=1S/C25H18N2O/c1-17-11-13-21(14-12-17)27-24(18-7-3-2-4-8-18)26-23-16-20-10-6-5-9-19(20)15-22(23)25(27)28/h2-16H,1H3. The van der Waals surface area contributed by atoms with Crippen molar-refractivity contribution in [3.63, 3.8) is 0 Å². The van der Waals surface area contributed by atoms with E-state index in [-0.39, 0.29) is 5.56 Å². The normalized spacial score (nSPS) is 11.2. The molecule has 3 heteroatoms. The zero-order valence-corrected chi connectivity index (χ0v) is 15.5. The quantitative estimate of drug-likeness (QED) is 0.388. The molecular weight excluding hydrogens is 344 g/mol. The molecule has 28 heavy (non-hydrogen) atoms. The van der Waals surface area contributed by atoms with Crippen LogP contribution in [-0.4, -0.2) is 9.55 Å². The Balaban J connectivity index is 1.91. The molecule has 0 radical (unpaired) electrons. The van der Waals surface area contributed by atoms with Crippen molar-refractivity contribution in [2.24, 2.45) is 0 Å². The summed E-state index contributed by atoms with van der Waals surface area (Å²) in [4.78, 5) is 18.5. The van der Waals surface area contributed by atoms with Gasteiger partial charge in [-0.2, -0.15) is 0 Å². The molecule has 0 unspecified atom stereocenters. The minimum absolute atomic E-state index is 0.0570. The first-order valence-corrected chi connectivity index (χ1v) is 9.29. The third-order valence-corrected chi connectivity index (χ3v) is 5.06. The van der Waals surface area contributed by atoms with Crippen LogP contribution in [0, 0.1) is 6.92 Å². The summed E-state index contributed by atoms with van der Waals surface area (Å²) in [7, 11) is 0. The fraction of sp³-hybridized carbons (Fsp3) is 0.0400. The topological polar surface area (TPSA) is 34.9 Å². The Morgan fingerprint density at radius 1 is 0.750 bits per heavy atom. The second kappa shape index (κ2) is 6.46. The molecule has 1 aromatic heterocycles. The predicted octanol–water partition coefficient (Wildman–Crippen LogP) is 5.51. The van der Waals surface area contributed by atoms with Crippen LogP contribution in [0.5, 0.6) is 0 Å². The summed E-state index contributed by atoms with van der Waals surface area (Å²) < 4.78 is 1.71. The van der Waals surface area contributed by atoms with Crippen LogP contribution in [0.1, 0.15) is 5.56 Å². The van der Waals surface area contributed by atoms with Gasteiger partial charge in [-0.05, 0) is 42.0 Å². The van der Waals surface area contributed by atoms with Crippen molar-refractivity contribution in [2.45, 2.75) is 6.92 Å². The largest absolute Gasteiger partial charge is 0.268 e. The molecule has 134 valence electrons. The fourth-order valence-corrected chi connectivity index (χ4v) is 3.59. The van der Waals surface area contributed by atoms with Gasteiger partial charge in [0.25, 0.3) is 5.56 Å². The van der Waals surface area contributed by atoms with Gasteiger partial charge in [-0.15, -0.1) is 0 Å². The Morgan fingerprint density at radius 2 is 1.39 bits per heavy atom. The van der Waals surface area contributed by atoms with Crippen LogP contribution in [0.3, 0.4) is 0 Å². The number of hydrogen-bond acceptors (Lipinski definition) is 2. The van der Waals surface area contributed by atoms with E-state index < -0.39 is 0 Å². The summed E-state index contributed by atoms with van der Waals surface area (Å²) in [6.07, 6.45) is 0. The summed E-state index contributed by atoms with van der Waals surface area (Å²) in [5.41, 5.74) is 3.54. The molecule has 3 nitrogen and oxygen atoms in total. The van der Waals surface area contributed by atoms with Crippen LogP contribution in [0.15, 0.2) is 95.8 Å². The maximum absolute atomic E-state index is 13.6. The summed E-state index contributed by atoms with van der Waals surface area (Å²) >= 11 is 0. The van der Waals surface area contributed by atoms with E-state index in [1.165, 1.54) is 0 Å². The minimum Gasteiger partial charge on any atom is -0.268 e. The molecule has 0 saturated carbocycles. The first kappa shape index (κ1) is 16.5. The van der Waals surface area contributed by atoms with E-state index in [0.717, 1.165) is 27.6 Å². The molecule has 1 heterocycles. The van der Waals surface area contributed by atoms with E-state index >= 15 is 0 Å². The van der Waals surface area contributed by atoms with Gasteiger partial charge in [0, 0.05) is 5.56 Å². The van der Waals surface area contributed by atoms with Gasteiger partial charge in [-0.25, -0.2) is 4.98 Å². The average Bonchev–Trinajstić information content (AvgIpc) is 2.74. The molecule has 0 bridgehead atoms. The summed E-state index contributed by atoms with van der Waals surface area (Å²) in [6.45, 7) is 2.04. The first-order chi connectivity index (χ1) is 13.7. The van der Waals surface area contributed by atoms with Crippen LogP contribution in [0.2, 0.25) is 0 Å². The lowest BCUT2D eigenvalue weighted by atomic mass is 10.1. The third-order valence-electron chi connectivity index (χ3n) is 5.06. The van der Waals surface area contributed by atoms with Crippen LogP contribution in [0.25, 0.3) is 38.8 Å².